The molecule has 2 aromatic rings. The minimum Gasteiger partial charge on any atom is -0.457 e. The summed E-state index contributed by atoms with van der Waals surface area (Å²) >= 11 is 0. The molecule has 0 saturated carbocycles. The van der Waals surface area contributed by atoms with Crippen LogP contribution in [0.2, 0.25) is 0 Å². The van der Waals surface area contributed by atoms with Crippen molar-refractivity contribution in [2.75, 3.05) is 5.73 Å². The zero-order valence-corrected chi connectivity index (χ0v) is 10.9. The van der Waals surface area contributed by atoms with Gasteiger partial charge in [-0.25, -0.2) is 0 Å². The molecule has 0 spiro atoms. The highest BCUT2D eigenvalue weighted by Crippen LogP contribution is 2.25. The van der Waals surface area contributed by atoms with Crippen LogP contribution < -0.4 is 10.5 Å². The average molecular weight is 260 g/mol. The maximum absolute atomic E-state index is 10.6. The van der Waals surface area contributed by atoms with Crippen molar-refractivity contribution in [2.24, 2.45) is 0 Å². The first kappa shape index (κ1) is 14.5. The lowest BCUT2D eigenvalue weighted by Gasteiger charge is -2.05. The highest BCUT2D eigenvalue weighted by molar-refractivity contribution is 5.44. The fourth-order valence-corrected chi connectivity index (χ4v) is 1.33. The molecule has 5 heteroatoms. The highest BCUT2D eigenvalue weighted by Gasteiger charge is 2.06. The molecule has 0 atom stereocenters. The third-order valence-electron chi connectivity index (χ3n) is 2.14. The van der Waals surface area contributed by atoms with Gasteiger partial charge in [0.2, 0.25) is 0 Å². The van der Waals surface area contributed by atoms with Gasteiger partial charge >= 0.3 is 0 Å². The average Bonchev–Trinajstić information content (AvgIpc) is 2.44. The van der Waals surface area contributed by atoms with Crippen LogP contribution in [0.3, 0.4) is 0 Å². The SMILES string of the molecule is CC.Nc1ccc(Oc2cccc([N+](=O)[O-])c2)cc1. The molecule has 0 aliphatic rings. The molecule has 2 aromatic carbocycles. The Bertz CT molecular complexity index is 539. The summed E-state index contributed by atoms with van der Waals surface area (Å²) in [7, 11) is 0. The van der Waals surface area contributed by atoms with Gasteiger partial charge in [-0.3, -0.25) is 10.1 Å². The third kappa shape index (κ3) is 4.31. The molecule has 0 heterocycles. The molecule has 0 aliphatic carbocycles. The van der Waals surface area contributed by atoms with Gasteiger partial charge in [0, 0.05) is 11.8 Å². The van der Waals surface area contributed by atoms with E-state index >= 15 is 0 Å². The minimum absolute atomic E-state index is 0.00190. The van der Waals surface area contributed by atoms with Crippen molar-refractivity contribution < 1.29 is 9.66 Å². The monoisotopic (exact) mass is 260 g/mol. The lowest BCUT2D eigenvalue weighted by molar-refractivity contribution is -0.384. The lowest BCUT2D eigenvalue weighted by atomic mass is 10.3. The van der Waals surface area contributed by atoms with E-state index in [0.717, 1.165) is 0 Å². The Balaban J connectivity index is 0.000000861. The zero-order valence-electron chi connectivity index (χ0n) is 10.9. The van der Waals surface area contributed by atoms with Crippen molar-refractivity contribution in [1.82, 2.24) is 0 Å². The molecule has 100 valence electrons. The van der Waals surface area contributed by atoms with Crippen LogP contribution in [-0.2, 0) is 0 Å². The first-order valence-corrected chi connectivity index (χ1v) is 5.93. The summed E-state index contributed by atoms with van der Waals surface area (Å²) in [6, 6.07) is 12.8. The second-order valence-corrected chi connectivity index (χ2v) is 3.43. The Kier molecular flexibility index (Phi) is 5.35. The second kappa shape index (κ2) is 7.00. The Hall–Kier alpha value is -2.56. The summed E-state index contributed by atoms with van der Waals surface area (Å²) < 4.78 is 5.46. The topological polar surface area (TPSA) is 78.4 Å². The van der Waals surface area contributed by atoms with Crippen LogP contribution in [0.1, 0.15) is 13.8 Å². The smallest absolute Gasteiger partial charge is 0.273 e. The van der Waals surface area contributed by atoms with E-state index in [2.05, 4.69) is 0 Å². The minimum atomic E-state index is -0.462. The second-order valence-electron chi connectivity index (χ2n) is 3.43. The quantitative estimate of drug-likeness (QED) is 0.514. The summed E-state index contributed by atoms with van der Waals surface area (Å²) in [5.74, 6) is 1.00. The molecule has 0 saturated heterocycles. The first-order valence-electron chi connectivity index (χ1n) is 5.93. The maximum atomic E-state index is 10.6. The molecule has 19 heavy (non-hydrogen) atoms. The standard InChI is InChI=1S/C12H10N2O3.C2H6/c13-9-4-6-11(7-5-9)17-12-3-1-2-10(8-12)14(15)16;1-2/h1-8H,13H2;1-2H3. The van der Waals surface area contributed by atoms with Gasteiger partial charge in [-0.15, -0.1) is 0 Å². The van der Waals surface area contributed by atoms with Gasteiger partial charge < -0.3 is 10.5 Å². The van der Waals surface area contributed by atoms with Gasteiger partial charge in [-0.1, -0.05) is 19.9 Å². The molecule has 0 unspecified atom stereocenters. The van der Waals surface area contributed by atoms with E-state index < -0.39 is 4.92 Å². The summed E-state index contributed by atoms with van der Waals surface area (Å²) in [6.45, 7) is 4.00. The first-order chi connectivity index (χ1) is 9.15. The third-order valence-corrected chi connectivity index (χ3v) is 2.14. The molecule has 0 amide bonds. The van der Waals surface area contributed by atoms with E-state index in [1.54, 1.807) is 36.4 Å². The Morgan fingerprint density at radius 1 is 1.05 bits per heavy atom. The number of non-ortho nitro benzene ring substituents is 1. The number of nitro benzene ring substituents is 1. The normalized spacial score (nSPS) is 9.16. The Labute approximate surface area is 111 Å². The van der Waals surface area contributed by atoms with E-state index in [0.29, 0.717) is 17.2 Å². The van der Waals surface area contributed by atoms with Gasteiger partial charge in [-0.2, -0.15) is 0 Å². The van der Waals surface area contributed by atoms with Crippen LogP contribution in [0.25, 0.3) is 0 Å². The number of rotatable bonds is 3. The van der Waals surface area contributed by atoms with Crippen molar-refractivity contribution in [3.05, 3.63) is 58.6 Å². The Morgan fingerprint density at radius 2 is 1.68 bits per heavy atom. The fourth-order valence-electron chi connectivity index (χ4n) is 1.33. The van der Waals surface area contributed by atoms with Crippen LogP contribution in [0.4, 0.5) is 11.4 Å². The number of benzene rings is 2. The maximum Gasteiger partial charge on any atom is 0.273 e. The Morgan fingerprint density at radius 3 is 2.26 bits per heavy atom. The number of nitro groups is 1. The molecular weight excluding hydrogens is 244 g/mol. The number of anilines is 1. The van der Waals surface area contributed by atoms with E-state index in [-0.39, 0.29) is 5.69 Å². The van der Waals surface area contributed by atoms with Crippen molar-refractivity contribution in [2.45, 2.75) is 13.8 Å². The van der Waals surface area contributed by atoms with Gasteiger partial charge in [0.1, 0.15) is 11.5 Å². The van der Waals surface area contributed by atoms with Crippen LogP contribution in [0, 0.1) is 10.1 Å². The molecular formula is C14H16N2O3. The van der Waals surface area contributed by atoms with E-state index in [9.17, 15) is 10.1 Å². The number of ether oxygens (including phenoxy) is 1. The summed E-state index contributed by atoms with van der Waals surface area (Å²) in [6.07, 6.45) is 0. The summed E-state index contributed by atoms with van der Waals surface area (Å²) in [5.41, 5.74) is 6.17. The number of nitrogen functional groups attached to an aromatic ring is 1. The summed E-state index contributed by atoms with van der Waals surface area (Å²) in [4.78, 5) is 10.1. The van der Waals surface area contributed by atoms with Gasteiger partial charge in [0.25, 0.3) is 5.69 Å². The van der Waals surface area contributed by atoms with Crippen LogP contribution in [-0.4, -0.2) is 4.92 Å². The molecule has 0 bridgehead atoms. The van der Waals surface area contributed by atoms with E-state index in [1.165, 1.54) is 12.1 Å². The molecule has 0 aliphatic heterocycles. The number of nitrogens with two attached hydrogens (primary N) is 1. The lowest BCUT2D eigenvalue weighted by Crippen LogP contribution is -1.90. The molecule has 2 rings (SSSR count). The van der Waals surface area contributed by atoms with E-state index in [4.69, 9.17) is 10.5 Å². The van der Waals surface area contributed by atoms with Gasteiger partial charge in [0.05, 0.1) is 11.0 Å². The highest BCUT2D eigenvalue weighted by atomic mass is 16.6. The molecule has 0 aromatic heterocycles. The molecule has 2 N–H and O–H groups in total. The predicted octanol–water partition coefficient (Wildman–Crippen LogP) is 4.00. The summed E-state index contributed by atoms with van der Waals surface area (Å²) in [5, 5.41) is 10.6. The van der Waals surface area contributed by atoms with Crippen molar-refractivity contribution in [3.8, 4) is 11.5 Å². The fraction of sp³-hybridized carbons (Fsp3) is 0.143. The zero-order chi connectivity index (χ0) is 14.3. The number of hydrogen-bond donors (Lipinski definition) is 1. The number of hydrogen-bond acceptors (Lipinski definition) is 4. The van der Waals surface area contributed by atoms with Crippen molar-refractivity contribution in [3.63, 3.8) is 0 Å². The molecule has 5 nitrogen and oxygen atoms in total. The molecule has 0 radical (unpaired) electrons. The predicted molar refractivity (Wildman–Crippen MR) is 75.4 cm³/mol. The van der Waals surface area contributed by atoms with Crippen LogP contribution in [0.15, 0.2) is 48.5 Å². The van der Waals surface area contributed by atoms with Crippen LogP contribution in [0.5, 0.6) is 11.5 Å². The van der Waals surface area contributed by atoms with Crippen LogP contribution >= 0.6 is 0 Å². The largest absolute Gasteiger partial charge is 0.457 e. The van der Waals surface area contributed by atoms with Gasteiger partial charge in [0.15, 0.2) is 0 Å². The number of nitrogens with zero attached hydrogens (tertiary/aromatic N) is 1. The van der Waals surface area contributed by atoms with Gasteiger partial charge in [-0.05, 0) is 30.3 Å². The molecule has 0 fully saturated rings. The van der Waals surface area contributed by atoms with E-state index in [1.807, 2.05) is 13.8 Å². The van der Waals surface area contributed by atoms with Crippen molar-refractivity contribution >= 4 is 11.4 Å². The van der Waals surface area contributed by atoms with Crippen molar-refractivity contribution in [1.29, 1.82) is 0 Å².